The van der Waals surface area contributed by atoms with Crippen molar-refractivity contribution in [3.05, 3.63) is 70.2 Å². The van der Waals surface area contributed by atoms with Gasteiger partial charge in [-0.2, -0.15) is 0 Å². The first-order chi connectivity index (χ1) is 13.6. The number of nitro benzene ring substituents is 1. The minimum atomic E-state index is -0.886. The predicted octanol–water partition coefficient (Wildman–Crippen LogP) is 3.38. The Morgan fingerprint density at radius 2 is 1.86 bits per heavy atom. The smallest absolute Gasteiger partial charge is 0.345 e. The van der Waals surface area contributed by atoms with Gasteiger partial charge in [0.15, 0.2) is 23.9 Å². The Morgan fingerprint density at radius 3 is 2.57 bits per heavy atom. The van der Waals surface area contributed by atoms with Gasteiger partial charge in [-0.1, -0.05) is 30.3 Å². The highest BCUT2D eigenvalue weighted by Crippen LogP contribution is 2.37. The molecular formula is C19H14N2O7. The summed E-state index contributed by atoms with van der Waals surface area (Å²) in [5, 5.41) is 11.3. The zero-order valence-corrected chi connectivity index (χ0v) is 14.5. The summed E-state index contributed by atoms with van der Waals surface area (Å²) in [6, 6.07) is 11.7. The molecule has 1 aromatic heterocycles. The fourth-order valence-corrected chi connectivity index (χ4v) is 2.71. The predicted molar refractivity (Wildman–Crippen MR) is 95.1 cm³/mol. The van der Waals surface area contributed by atoms with Crippen LogP contribution in [0.3, 0.4) is 0 Å². The first-order valence-corrected chi connectivity index (χ1v) is 8.37. The average molecular weight is 382 g/mol. The Hall–Kier alpha value is -3.88. The van der Waals surface area contributed by atoms with Crippen LogP contribution in [-0.2, 0) is 11.3 Å². The van der Waals surface area contributed by atoms with E-state index in [-0.39, 0.29) is 42.8 Å². The molecule has 0 amide bonds. The molecule has 4 rings (SSSR count). The van der Waals surface area contributed by atoms with Gasteiger partial charge in [0.1, 0.15) is 18.8 Å². The Balaban J connectivity index is 1.51. The fraction of sp³-hybridized carbons (Fsp3) is 0.158. The third-order valence-electron chi connectivity index (χ3n) is 4.02. The first kappa shape index (κ1) is 17.5. The highest BCUT2D eigenvalue weighted by Gasteiger charge is 2.27. The molecule has 9 nitrogen and oxygen atoms in total. The molecule has 0 fully saturated rings. The van der Waals surface area contributed by atoms with Crippen molar-refractivity contribution in [2.45, 2.75) is 6.61 Å². The first-order valence-electron chi connectivity index (χ1n) is 8.37. The average Bonchev–Trinajstić information content (AvgIpc) is 3.20. The minimum absolute atomic E-state index is 0.174. The van der Waals surface area contributed by atoms with Crippen molar-refractivity contribution in [1.82, 2.24) is 4.98 Å². The molecule has 0 bridgehead atoms. The molecular weight excluding hydrogens is 368 g/mol. The zero-order valence-electron chi connectivity index (χ0n) is 14.5. The van der Waals surface area contributed by atoms with Crippen molar-refractivity contribution in [3.8, 4) is 22.8 Å². The zero-order chi connectivity index (χ0) is 19.5. The van der Waals surface area contributed by atoms with Crippen LogP contribution in [0.25, 0.3) is 11.3 Å². The number of nitro groups is 1. The van der Waals surface area contributed by atoms with Gasteiger partial charge in [-0.05, 0) is 0 Å². The number of benzene rings is 2. The number of rotatable bonds is 5. The van der Waals surface area contributed by atoms with Gasteiger partial charge in [-0.15, -0.1) is 0 Å². The normalized spacial score (nSPS) is 12.4. The van der Waals surface area contributed by atoms with E-state index >= 15 is 0 Å². The molecule has 0 radical (unpaired) electrons. The van der Waals surface area contributed by atoms with E-state index in [0.717, 1.165) is 11.6 Å². The molecule has 142 valence electrons. The molecule has 0 spiro atoms. The molecule has 9 heteroatoms. The van der Waals surface area contributed by atoms with E-state index in [1.807, 2.05) is 30.3 Å². The van der Waals surface area contributed by atoms with Crippen LogP contribution in [0.5, 0.6) is 11.5 Å². The van der Waals surface area contributed by atoms with Gasteiger partial charge in [-0.25, -0.2) is 9.78 Å². The van der Waals surface area contributed by atoms with E-state index in [1.165, 1.54) is 12.3 Å². The van der Waals surface area contributed by atoms with Crippen LogP contribution in [0.1, 0.15) is 16.2 Å². The molecule has 1 aliphatic heterocycles. The van der Waals surface area contributed by atoms with E-state index in [2.05, 4.69) is 4.98 Å². The highest BCUT2D eigenvalue weighted by atomic mass is 16.6. The Kier molecular flexibility index (Phi) is 4.63. The van der Waals surface area contributed by atoms with Gasteiger partial charge >= 0.3 is 5.97 Å². The number of hydrogen-bond acceptors (Lipinski definition) is 8. The summed E-state index contributed by atoms with van der Waals surface area (Å²) in [7, 11) is 0. The second-order valence-corrected chi connectivity index (χ2v) is 5.83. The molecule has 1 aliphatic rings. The van der Waals surface area contributed by atoms with Crippen molar-refractivity contribution in [2.24, 2.45) is 0 Å². The summed E-state index contributed by atoms with van der Waals surface area (Å²) >= 11 is 0. The third-order valence-corrected chi connectivity index (χ3v) is 4.02. The summed E-state index contributed by atoms with van der Waals surface area (Å²) in [4.78, 5) is 27.1. The standard InChI is InChI=1S/C19H14N2O7/c22-19(13-8-15-16(26-7-6-25-15)9-14(13)21(23)24)27-11-18-20-10-17(28-18)12-4-2-1-3-5-12/h1-5,8-10H,6-7,11H2. The number of aromatic nitrogens is 1. The van der Waals surface area contributed by atoms with Crippen LogP contribution in [0.2, 0.25) is 0 Å². The van der Waals surface area contributed by atoms with E-state index in [9.17, 15) is 14.9 Å². The summed E-state index contributed by atoms with van der Waals surface area (Å²) in [5.74, 6) is 0.286. The molecule has 0 atom stereocenters. The summed E-state index contributed by atoms with van der Waals surface area (Å²) in [6.45, 7) is 0.303. The van der Waals surface area contributed by atoms with E-state index < -0.39 is 16.6 Å². The maximum Gasteiger partial charge on any atom is 0.345 e. The summed E-state index contributed by atoms with van der Waals surface area (Å²) in [6.07, 6.45) is 1.52. The Bertz CT molecular complexity index is 1030. The second kappa shape index (κ2) is 7.39. The van der Waals surface area contributed by atoms with E-state index in [0.29, 0.717) is 5.76 Å². The number of ether oxygens (including phenoxy) is 3. The highest BCUT2D eigenvalue weighted by molar-refractivity contribution is 5.95. The second-order valence-electron chi connectivity index (χ2n) is 5.83. The van der Waals surface area contributed by atoms with Crippen LogP contribution >= 0.6 is 0 Å². The number of carbonyl (C=O) groups is 1. The van der Waals surface area contributed by atoms with Crippen molar-refractivity contribution in [2.75, 3.05) is 13.2 Å². The number of nitrogens with zero attached hydrogens (tertiary/aromatic N) is 2. The third kappa shape index (κ3) is 3.50. The molecule has 0 N–H and O–H groups in total. The number of esters is 1. The van der Waals surface area contributed by atoms with Gasteiger partial charge in [-0.3, -0.25) is 10.1 Å². The molecule has 2 aromatic carbocycles. The molecule has 0 aliphatic carbocycles. The Morgan fingerprint density at radius 1 is 1.14 bits per heavy atom. The van der Waals surface area contributed by atoms with Crippen molar-refractivity contribution >= 4 is 11.7 Å². The van der Waals surface area contributed by atoms with Gasteiger partial charge in [0.2, 0.25) is 5.89 Å². The molecule has 0 saturated heterocycles. The van der Waals surface area contributed by atoms with Gasteiger partial charge in [0, 0.05) is 11.6 Å². The fourth-order valence-electron chi connectivity index (χ4n) is 2.71. The van der Waals surface area contributed by atoms with Crippen LogP contribution < -0.4 is 9.47 Å². The lowest BCUT2D eigenvalue weighted by Crippen LogP contribution is -2.17. The van der Waals surface area contributed by atoms with Gasteiger partial charge in [0.05, 0.1) is 17.2 Å². The molecule has 2 heterocycles. The monoisotopic (exact) mass is 382 g/mol. The summed E-state index contributed by atoms with van der Waals surface area (Å²) in [5.41, 5.74) is 0.172. The molecule has 3 aromatic rings. The van der Waals surface area contributed by atoms with Crippen LogP contribution in [0, 0.1) is 10.1 Å². The minimum Gasteiger partial charge on any atom is -0.486 e. The van der Waals surface area contributed by atoms with E-state index in [4.69, 9.17) is 18.6 Å². The van der Waals surface area contributed by atoms with Crippen LogP contribution in [-0.4, -0.2) is 29.1 Å². The largest absolute Gasteiger partial charge is 0.486 e. The van der Waals surface area contributed by atoms with Crippen molar-refractivity contribution < 1.29 is 28.3 Å². The number of hydrogen-bond donors (Lipinski definition) is 0. The molecule has 0 unspecified atom stereocenters. The van der Waals surface area contributed by atoms with Crippen LogP contribution in [0.4, 0.5) is 5.69 Å². The quantitative estimate of drug-likeness (QED) is 0.375. The SMILES string of the molecule is O=C(OCc1ncc(-c2ccccc2)o1)c1cc2c(cc1[N+](=O)[O-])OCCO2. The van der Waals surface area contributed by atoms with Crippen LogP contribution in [0.15, 0.2) is 53.1 Å². The van der Waals surface area contributed by atoms with E-state index in [1.54, 1.807) is 0 Å². The maximum atomic E-state index is 12.4. The van der Waals surface area contributed by atoms with Crippen molar-refractivity contribution in [3.63, 3.8) is 0 Å². The number of oxazole rings is 1. The lowest BCUT2D eigenvalue weighted by atomic mass is 10.1. The lowest BCUT2D eigenvalue weighted by molar-refractivity contribution is -0.385. The number of fused-ring (bicyclic) bond motifs is 1. The topological polar surface area (TPSA) is 114 Å². The van der Waals surface area contributed by atoms with Gasteiger partial charge < -0.3 is 18.6 Å². The van der Waals surface area contributed by atoms with Crippen molar-refractivity contribution in [1.29, 1.82) is 0 Å². The maximum absolute atomic E-state index is 12.4. The lowest BCUT2D eigenvalue weighted by Gasteiger charge is -2.18. The summed E-state index contributed by atoms with van der Waals surface area (Å²) < 4.78 is 21.4. The molecule has 28 heavy (non-hydrogen) atoms. The Labute approximate surface area is 158 Å². The number of carbonyl (C=O) groups excluding carboxylic acids is 1. The van der Waals surface area contributed by atoms with Gasteiger partial charge in [0.25, 0.3) is 5.69 Å². The molecule has 0 saturated carbocycles.